The van der Waals surface area contributed by atoms with E-state index in [4.69, 9.17) is 4.74 Å². The van der Waals surface area contributed by atoms with Crippen LogP contribution >= 0.6 is 0 Å². The van der Waals surface area contributed by atoms with Crippen LogP contribution < -0.4 is 0 Å². The number of nitrogens with zero attached hydrogens (tertiary/aromatic N) is 1. The molecule has 1 aromatic carbocycles. The smallest absolute Gasteiger partial charge is 0.163 e. The predicted molar refractivity (Wildman–Crippen MR) is 73.3 cm³/mol. The molecular weight excluding hydrogens is 261 g/mol. The lowest BCUT2D eigenvalue weighted by Gasteiger charge is -2.17. The predicted octanol–water partition coefficient (Wildman–Crippen LogP) is 2.20. The van der Waals surface area contributed by atoms with Gasteiger partial charge in [0.25, 0.3) is 0 Å². The molecule has 110 valence electrons. The number of methoxy groups -OCH3 is 1. The number of hydrogen-bond donors (Lipinski definition) is 1. The number of hydrogen-bond acceptors (Lipinski definition) is 4. The van der Waals surface area contributed by atoms with Crippen molar-refractivity contribution in [3.05, 3.63) is 29.1 Å². The standard InChI is InChI=1S/C15H20FNO3/c1-10(18)14-6-13(16)5-12(15(14)19)8-17-4-3-11(7-17)9-20-2/h5-6,11,19H,3-4,7-9H2,1-2H3. The van der Waals surface area contributed by atoms with Crippen molar-refractivity contribution in [2.24, 2.45) is 5.92 Å². The second-order valence-corrected chi connectivity index (χ2v) is 5.36. The van der Waals surface area contributed by atoms with Crippen LogP contribution in [-0.4, -0.2) is 42.6 Å². The number of carbonyl (C=O) groups is 1. The molecule has 1 saturated heterocycles. The fraction of sp³-hybridized carbons (Fsp3) is 0.533. The van der Waals surface area contributed by atoms with Gasteiger partial charge in [-0.2, -0.15) is 0 Å². The number of phenols is 1. The third-order valence-corrected chi connectivity index (χ3v) is 3.70. The van der Waals surface area contributed by atoms with E-state index in [1.807, 2.05) is 0 Å². The number of ether oxygens (including phenoxy) is 1. The van der Waals surface area contributed by atoms with Crippen LogP contribution in [0.3, 0.4) is 0 Å². The maximum absolute atomic E-state index is 13.5. The minimum Gasteiger partial charge on any atom is -0.507 e. The van der Waals surface area contributed by atoms with E-state index >= 15 is 0 Å². The maximum Gasteiger partial charge on any atom is 0.163 e. The molecule has 1 aromatic rings. The molecule has 0 bridgehead atoms. The topological polar surface area (TPSA) is 49.8 Å². The minimum absolute atomic E-state index is 0.0487. The van der Waals surface area contributed by atoms with Gasteiger partial charge in [-0.15, -0.1) is 0 Å². The molecule has 1 fully saturated rings. The number of aromatic hydroxyl groups is 1. The van der Waals surface area contributed by atoms with Crippen molar-refractivity contribution < 1.29 is 19.0 Å². The van der Waals surface area contributed by atoms with Crippen LogP contribution in [0, 0.1) is 11.7 Å². The molecule has 2 rings (SSSR count). The SMILES string of the molecule is COCC1CCN(Cc2cc(F)cc(C(C)=O)c2O)C1. The Kier molecular flexibility index (Phi) is 4.73. The summed E-state index contributed by atoms with van der Waals surface area (Å²) in [6.45, 7) is 4.23. The number of rotatable bonds is 5. The van der Waals surface area contributed by atoms with Gasteiger partial charge in [0.1, 0.15) is 11.6 Å². The Morgan fingerprint density at radius 3 is 2.95 bits per heavy atom. The van der Waals surface area contributed by atoms with E-state index in [0.29, 0.717) is 24.6 Å². The Labute approximate surface area is 118 Å². The molecule has 0 aliphatic carbocycles. The summed E-state index contributed by atoms with van der Waals surface area (Å²) >= 11 is 0. The zero-order valence-corrected chi connectivity index (χ0v) is 11.9. The molecule has 1 heterocycles. The van der Waals surface area contributed by atoms with Gasteiger partial charge in [0, 0.05) is 25.8 Å². The Bertz CT molecular complexity index is 504. The summed E-state index contributed by atoms with van der Waals surface area (Å²) in [6.07, 6.45) is 1.03. The first-order valence-electron chi connectivity index (χ1n) is 6.75. The van der Waals surface area contributed by atoms with Crippen molar-refractivity contribution in [2.45, 2.75) is 19.9 Å². The van der Waals surface area contributed by atoms with E-state index in [0.717, 1.165) is 25.6 Å². The van der Waals surface area contributed by atoms with Gasteiger partial charge in [0.2, 0.25) is 0 Å². The molecular formula is C15H20FNO3. The van der Waals surface area contributed by atoms with Gasteiger partial charge < -0.3 is 9.84 Å². The quantitative estimate of drug-likeness (QED) is 0.841. The van der Waals surface area contributed by atoms with Gasteiger partial charge >= 0.3 is 0 Å². The molecule has 1 unspecified atom stereocenters. The number of phenolic OH excluding ortho intramolecular Hbond substituents is 1. The van der Waals surface area contributed by atoms with Crippen LogP contribution in [0.15, 0.2) is 12.1 Å². The second kappa shape index (κ2) is 6.33. The fourth-order valence-corrected chi connectivity index (χ4v) is 2.71. The number of ketones is 1. The van der Waals surface area contributed by atoms with E-state index in [1.165, 1.54) is 13.0 Å². The van der Waals surface area contributed by atoms with Crippen molar-refractivity contribution >= 4 is 5.78 Å². The number of carbonyl (C=O) groups excluding carboxylic acids is 1. The van der Waals surface area contributed by atoms with Gasteiger partial charge in [0.05, 0.1) is 12.2 Å². The van der Waals surface area contributed by atoms with Gasteiger partial charge in [-0.3, -0.25) is 9.69 Å². The van der Waals surface area contributed by atoms with Crippen molar-refractivity contribution in [2.75, 3.05) is 26.8 Å². The monoisotopic (exact) mass is 281 g/mol. The first-order chi connectivity index (χ1) is 9.51. The molecule has 1 aliphatic rings. The number of likely N-dealkylation sites (tertiary alicyclic amines) is 1. The molecule has 1 N–H and O–H groups in total. The van der Waals surface area contributed by atoms with Gasteiger partial charge in [-0.05, 0) is 37.9 Å². The third-order valence-electron chi connectivity index (χ3n) is 3.70. The number of benzene rings is 1. The van der Waals surface area contributed by atoms with Gasteiger partial charge in [0.15, 0.2) is 5.78 Å². The van der Waals surface area contributed by atoms with Crippen molar-refractivity contribution in [1.82, 2.24) is 4.90 Å². The van der Waals surface area contributed by atoms with Gasteiger partial charge in [-0.25, -0.2) is 4.39 Å². The summed E-state index contributed by atoms with van der Waals surface area (Å²) in [7, 11) is 1.68. The zero-order chi connectivity index (χ0) is 14.7. The molecule has 20 heavy (non-hydrogen) atoms. The second-order valence-electron chi connectivity index (χ2n) is 5.36. The molecule has 0 radical (unpaired) electrons. The largest absolute Gasteiger partial charge is 0.507 e. The van der Waals surface area contributed by atoms with Crippen LogP contribution in [0.1, 0.15) is 29.3 Å². The summed E-state index contributed by atoms with van der Waals surface area (Å²) < 4.78 is 18.7. The molecule has 0 amide bonds. The molecule has 5 heteroatoms. The first-order valence-corrected chi connectivity index (χ1v) is 6.75. The number of halogens is 1. The lowest BCUT2D eigenvalue weighted by Crippen LogP contribution is -2.21. The van der Waals surface area contributed by atoms with Crippen molar-refractivity contribution in [3.63, 3.8) is 0 Å². The summed E-state index contributed by atoms with van der Waals surface area (Å²) in [4.78, 5) is 13.5. The first kappa shape index (κ1) is 14.9. The summed E-state index contributed by atoms with van der Waals surface area (Å²) in [5.41, 5.74) is 0.515. The van der Waals surface area contributed by atoms with E-state index in [2.05, 4.69) is 4.90 Å². The zero-order valence-electron chi connectivity index (χ0n) is 11.9. The minimum atomic E-state index is -0.490. The van der Waals surface area contributed by atoms with Crippen LogP contribution in [0.2, 0.25) is 0 Å². The maximum atomic E-state index is 13.5. The highest BCUT2D eigenvalue weighted by molar-refractivity contribution is 5.97. The fourth-order valence-electron chi connectivity index (χ4n) is 2.71. The molecule has 1 atom stereocenters. The summed E-state index contributed by atoms with van der Waals surface area (Å²) in [6, 6.07) is 2.38. The Morgan fingerprint density at radius 2 is 2.30 bits per heavy atom. The van der Waals surface area contributed by atoms with Crippen molar-refractivity contribution in [1.29, 1.82) is 0 Å². The average Bonchev–Trinajstić information content (AvgIpc) is 2.81. The normalized spacial score (nSPS) is 19.4. The lowest BCUT2D eigenvalue weighted by molar-refractivity contribution is 0.101. The van der Waals surface area contributed by atoms with Crippen LogP contribution in [0.5, 0.6) is 5.75 Å². The Morgan fingerprint density at radius 1 is 1.55 bits per heavy atom. The number of Topliss-reactive ketones (excluding diaryl/α,β-unsaturated/α-hetero) is 1. The van der Waals surface area contributed by atoms with E-state index in [1.54, 1.807) is 7.11 Å². The lowest BCUT2D eigenvalue weighted by atomic mass is 10.0. The Balaban J connectivity index is 2.12. The van der Waals surface area contributed by atoms with Gasteiger partial charge in [-0.1, -0.05) is 0 Å². The Hall–Kier alpha value is -1.46. The molecule has 0 aromatic heterocycles. The van der Waals surface area contributed by atoms with E-state index < -0.39 is 5.82 Å². The van der Waals surface area contributed by atoms with E-state index in [9.17, 15) is 14.3 Å². The van der Waals surface area contributed by atoms with Crippen molar-refractivity contribution in [3.8, 4) is 5.75 Å². The highest BCUT2D eigenvalue weighted by atomic mass is 19.1. The highest BCUT2D eigenvalue weighted by Crippen LogP contribution is 2.28. The molecule has 4 nitrogen and oxygen atoms in total. The van der Waals surface area contributed by atoms with Crippen LogP contribution in [0.25, 0.3) is 0 Å². The average molecular weight is 281 g/mol. The third kappa shape index (κ3) is 3.35. The molecule has 0 saturated carbocycles. The van der Waals surface area contributed by atoms with Crippen LogP contribution in [0.4, 0.5) is 4.39 Å². The summed E-state index contributed by atoms with van der Waals surface area (Å²) in [5.74, 6) is -0.449. The van der Waals surface area contributed by atoms with E-state index in [-0.39, 0.29) is 17.1 Å². The summed E-state index contributed by atoms with van der Waals surface area (Å²) in [5, 5.41) is 10.1. The van der Waals surface area contributed by atoms with Crippen LogP contribution in [-0.2, 0) is 11.3 Å². The molecule has 1 aliphatic heterocycles. The molecule has 0 spiro atoms. The highest BCUT2D eigenvalue weighted by Gasteiger charge is 2.24.